The number of methoxy groups -OCH3 is 2. The first kappa shape index (κ1) is 17.5. The molecule has 2 aliphatic rings. The average molecular weight is 334 g/mol. The van der Waals surface area contributed by atoms with Gasteiger partial charge in [0.15, 0.2) is 0 Å². The van der Waals surface area contributed by atoms with Gasteiger partial charge >= 0.3 is 0 Å². The Morgan fingerprint density at radius 1 is 1.33 bits per heavy atom. The van der Waals surface area contributed by atoms with Gasteiger partial charge in [-0.2, -0.15) is 0 Å². The number of likely N-dealkylation sites (tertiary alicyclic amines) is 1. The van der Waals surface area contributed by atoms with Crippen LogP contribution in [-0.4, -0.2) is 56.5 Å². The number of piperidine rings is 2. The van der Waals surface area contributed by atoms with Gasteiger partial charge in [0.05, 0.1) is 20.3 Å². The highest BCUT2D eigenvalue weighted by atomic mass is 16.5. The fraction of sp³-hybridized carbons (Fsp3) is 0.684. The first-order valence-corrected chi connectivity index (χ1v) is 8.91. The number of nitrogens with one attached hydrogen (secondary N) is 1. The molecule has 5 nitrogen and oxygen atoms in total. The molecule has 0 aliphatic carbocycles. The Labute approximate surface area is 144 Å². The molecule has 3 rings (SSSR count). The van der Waals surface area contributed by atoms with Crippen molar-refractivity contribution in [2.24, 2.45) is 5.41 Å². The Bertz CT molecular complexity index is 574. The second kappa shape index (κ2) is 7.30. The number of hydrogen-bond donors (Lipinski definition) is 2. The smallest absolute Gasteiger partial charge is 0.129 e. The van der Waals surface area contributed by atoms with E-state index in [1.54, 1.807) is 14.2 Å². The van der Waals surface area contributed by atoms with Crippen molar-refractivity contribution >= 4 is 0 Å². The van der Waals surface area contributed by atoms with E-state index < -0.39 is 0 Å². The number of benzene rings is 1. The molecule has 0 amide bonds. The van der Waals surface area contributed by atoms with Crippen LogP contribution in [-0.2, 0) is 6.54 Å². The normalized spacial score (nSPS) is 28.1. The van der Waals surface area contributed by atoms with E-state index in [1.165, 1.54) is 5.56 Å². The number of ether oxygens (including phenoxy) is 2. The third-order valence-electron chi connectivity index (χ3n) is 5.72. The quantitative estimate of drug-likeness (QED) is 0.881. The van der Waals surface area contributed by atoms with Crippen molar-refractivity contribution in [3.8, 4) is 11.5 Å². The van der Waals surface area contributed by atoms with Crippen molar-refractivity contribution in [1.29, 1.82) is 0 Å². The van der Waals surface area contributed by atoms with E-state index >= 15 is 0 Å². The minimum absolute atomic E-state index is 0.00521. The van der Waals surface area contributed by atoms with Crippen molar-refractivity contribution in [3.05, 3.63) is 23.3 Å². The van der Waals surface area contributed by atoms with Crippen LogP contribution in [0, 0.1) is 12.3 Å². The van der Waals surface area contributed by atoms with Crippen LogP contribution in [0.25, 0.3) is 0 Å². The Kier molecular flexibility index (Phi) is 5.33. The van der Waals surface area contributed by atoms with Crippen LogP contribution in [0.5, 0.6) is 11.5 Å². The summed E-state index contributed by atoms with van der Waals surface area (Å²) in [6.45, 7) is 6.74. The molecule has 1 aromatic rings. The molecule has 0 saturated carbocycles. The Morgan fingerprint density at radius 2 is 2.17 bits per heavy atom. The first-order chi connectivity index (χ1) is 11.6. The van der Waals surface area contributed by atoms with Gasteiger partial charge in [-0.15, -0.1) is 0 Å². The van der Waals surface area contributed by atoms with E-state index in [4.69, 9.17) is 9.47 Å². The molecule has 2 heterocycles. The van der Waals surface area contributed by atoms with E-state index in [9.17, 15) is 5.11 Å². The summed E-state index contributed by atoms with van der Waals surface area (Å²) >= 11 is 0. The zero-order valence-corrected chi connectivity index (χ0v) is 15.1. The van der Waals surface area contributed by atoms with E-state index in [1.807, 2.05) is 13.0 Å². The van der Waals surface area contributed by atoms with Crippen molar-refractivity contribution in [2.45, 2.75) is 38.8 Å². The molecule has 2 aliphatic heterocycles. The third kappa shape index (κ3) is 3.25. The maximum absolute atomic E-state index is 10.6. The molecule has 0 aromatic heterocycles. The lowest BCUT2D eigenvalue weighted by molar-refractivity contribution is -0.0515. The van der Waals surface area contributed by atoms with E-state index in [2.05, 4.69) is 16.3 Å². The van der Waals surface area contributed by atoms with Crippen molar-refractivity contribution < 1.29 is 14.6 Å². The molecular formula is C19H30N2O3. The summed E-state index contributed by atoms with van der Waals surface area (Å²) in [5.41, 5.74) is 2.24. The standard InChI is InChI=1S/C19H30N2O3/c1-14-16(23-2)6-5-15(18(14)24-3)11-21-10-4-8-19(13-21)12-20-9-7-17(19)22/h5-6,17,20,22H,4,7-13H2,1-3H3/t17-,19-/m0/s1. The van der Waals surface area contributed by atoms with E-state index in [-0.39, 0.29) is 11.5 Å². The van der Waals surface area contributed by atoms with Gasteiger partial charge in [-0.3, -0.25) is 4.90 Å². The van der Waals surface area contributed by atoms with Crippen LogP contribution in [0.1, 0.15) is 30.4 Å². The molecule has 134 valence electrons. The first-order valence-electron chi connectivity index (χ1n) is 8.91. The molecule has 1 aromatic carbocycles. The second-order valence-corrected chi connectivity index (χ2v) is 7.24. The fourth-order valence-electron chi connectivity index (χ4n) is 4.41. The van der Waals surface area contributed by atoms with Crippen LogP contribution in [0.15, 0.2) is 12.1 Å². The van der Waals surface area contributed by atoms with E-state index in [0.717, 1.165) is 69.0 Å². The molecule has 2 saturated heterocycles. The zero-order valence-electron chi connectivity index (χ0n) is 15.1. The Morgan fingerprint density at radius 3 is 2.88 bits per heavy atom. The van der Waals surface area contributed by atoms with Crippen LogP contribution < -0.4 is 14.8 Å². The topological polar surface area (TPSA) is 54.0 Å². The van der Waals surface area contributed by atoms with Gasteiger partial charge in [-0.25, -0.2) is 0 Å². The number of aliphatic hydroxyl groups is 1. The van der Waals surface area contributed by atoms with Crippen molar-refractivity contribution in [3.63, 3.8) is 0 Å². The fourth-order valence-corrected chi connectivity index (χ4v) is 4.41. The predicted octanol–water partition coefficient (Wildman–Crippen LogP) is 1.95. The lowest BCUT2D eigenvalue weighted by Crippen LogP contribution is -2.57. The average Bonchev–Trinajstić information content (AvgIpc) is 2.58. The summed E-state index contributed by atoms with van der Waals surface area (Å²) in [5, 5.41) is 14.1. The number of nitrogens with zero attached hydrogens (tertiary/aromatic N) is 1. The molecule has 0 unspecified atom stereocenters. The van der Waals surface area contributed by atoms with Gasteiger partial charge in [-0.1, -0.05) is 6.07 Å². The molecule has 2 fully saturated rings. The number of aliphatic hydroxyl groups excluding tert-OH is 1. The maximum atomic E-state index is 10.6. The highest BCUT2D eigenvalue weighted by Crippen LogP contribution is 2.38. The van der Waals surface area contributed by atoms with Gasteiger partial charge in [0.2, 0.25) is 0 Å². The molecule has 2 N–H and O–H groups in total. The molecule has 0 radical (unpaired) electrons. The molecule has 5 heteroatoms. The van der Waals surface area contributed by atoms with Gasteiger partial charge in [0.25, 0.3) is 0 Å². The number of hydrogen-bond acceptors (Lipinski definition) is 5. The summed E-state index contributed by atoms with van der Waals surface area (Å²) in [5.74, 6) is 1.77. The largest absolute Gasteiger partial charge is 0.496 e. The Balaban J connectivity index is 1.77. The summed E-state index contributed by atoms with van der Waals surface area (Å²) in [6, 6.07) is 4.12. The van der Waals surface area contributed by atoms with Gasteiger partial charge < -0.3 is 19.9 Å². The molecule has 2 atom stereocenters. The van der Waals surface area contributed by atoms with Crippen LogP contribution >= 0.6 is 0 Å². The zero-order chi connectivity index (χ0) is 17.2. The van der Waals surface area contributed by atoms with Gasteiger partial charge in [0.1, 0.15) is 11.5 Å². The SMILES string of the molecule is COc1ccc(CN2CCC[C@]3(CNCC[C@@H]3O)C2)c(OC)c1C. The summed E-state index contributed by atoms with van der Waals surface area (Å²) in [6.07, 6.45) is 2.91. The minimum atomic E-state index is -0.193. The molecule has 24 heavy (non-hydrogen) atoms. The Hall–Kier alpha value is -1.30. The third-order valence-corrected chi connectivity index (χ3v) is 5.72. The van der Waals surface area contributed by atoms with Crippen LogP contribution in [0.3, 0.4) is 0 Å². The monoisotopic (exact) mass is 334 g/mol. The lowest BCUT2D eigenvalue weighted by Gasteiger charge is -2.48. The summed E-state index contributed by atoms with van der Waals surface area (Å²) < 4.78 is 11.1. The number of rotatable bonds is 4. The van der Waals surface area contributed by atoms with Crippen LogP contribution in [0.2, 0.25) is 0 Å². The van der Waals surface area contributed by atoms with Crippen molar-refractivity contribution in [1.82, 2.24) is 10.2 Å². The predicted molar refractivity (Wildman–Crippen MR) is 94.7 cm³/mol. The molecule has 1 spiro atoms. The van der Waals surface area contributed by atoms with Gasteiger partial charge in [-0.05, 0) is 45.3 Å². The highest BCUT2D eigenvalue weighted by molar-refractivity contribution is 5.49. The maximum Gasteiger partial charge on any atom is 0.129 e. The highest BCUT2D eigenvalue weighted by Gasteiger charge is 2.43. The van der Waals surface area contributed by atoms with E-state index in [0.29, 0.717) is 0 Å². The summed E-state index contributed by atoms with van der Waals surface area (Å²) in [4.78, 5) is 2.46. The van der Waals surface area contributed by atoms with Crippen LogP contribution in [0.4, 0.5) is 0 Å². The molecular weight excluding hydrogens is 304 g/mol. The molecule has 0 bridgehead atoms. The minimum Gasteiger partial charge on any atom is -0.496 e. The summed E-state index contributed by atoms with van der Waals surface area (Å²) in [7, 11) is 3.41. The second-order valence-electron chi connectivity index (χ2n) is 7.24. The lowest BCUT2D eigenvalue weighted by atomic mass is 9.72. The van der Waals surface area contributed by atoms with Gasteiger partial charge in [0, 0.05) is 36.2 Å². The van der Waals surface area contributed by atoms with Crippen molar-refractivity contribution in [2.75, 3.05) is 40.4 Å².